The van der Waals surface area contributed by atoms with Gasteiger partial charge < -0.3 is 21.1 Å². The SMILES string of the molecule is CCC(C)Nc1cc(Nc2ccc3ncsc3c2)ncc1C(=O)NC[C@@H](F)C(C)(C)O. The summed E-state index contributed by atoms with van der Waals surface area (Å²) in [6.07, 6.45) is 0.739. The third-order valence-corrected chi connectivity index (χ3v) is 5.77. The average molecular weight is 446 g/mol. The highest BCUT2D eigenvalue weighted by atomic mass is 32.1. The average Bonchev–Trinajstić information content (AvgIpc) is 3.19. The van der Waals surface area contributed by atoms with Crippen LogP contribution in [0.4, 0.5) is 21.6 Å². The van der Waals surface area contributed by atoms with Crippen LogP contribution in [0.3, 0.4) is 0 Å². The maximum Gasteiger partial charge on any atom is 0.255 e. The van der Waals surface area contributed by atoms with Crippen molar-refractivity contribution in [3.05, 3.63) is 41.5 Å². The quantitative estimate of drug-likeness (QED) is 0.387. The van der Waals surface area contributed by atoms with Gasteiger partial charge in [0.15, 0.2) is 0 Å². The molecule has 166 valence electrons. The Morgan fingerprint density at radius 1 is 1.29 bits per heavy atom. The van der Waals surface area contributed by atoms with Crippen molar-refractivity contribution in [3.8, 4) is 0 Å². The third-order valence-electron chi connectivity index (χ3n) is 4.97. The fourth-order valence-corrected chi connectivity index (χ4v) is 3.52. The van der Waals surface area contributed by atoms with E-state index in [2.05, 4.69) is 25.9 Å². The first-order chi connectivity index (χ1) is 14.7. The Hall–Kier alpha value is -2.78. The first-order valence-corrected chi connectivity index (χ1v) is 11.1. The Labute approximate surface area is 185 Å². The Bertz CT molecular complexity index is 1050. The maximum absolute atomic E-state index is 14.0. The molecular weight excluding hydrogens is 417 g/mol. The van der Waals surface area contributed by atoms with Gasteiger partial charge in [0, 0.05) is 24.0 Å². The second-order valence-electron chi connectivity index (χ2n) is 8.06. The van der Waals surface area contributed by atoms with Crippen LogP contribution in [0.5, 0.6) is 0 Å². The van der Waals surface area contributed by atoms with E-state index in [-0.39, 0.29) is 12.6 Å². The lowest BCUT2D eigenvalue weighted by Crippen LogP contribution is -2.42. The van der Waals surface area contributed by atoms with E-state index in [1.165, 1.54) is 20.0 Å². The molecule has 0 saturated carbocycles. The van der Waals surface area contributed by atoms with Gasteiger partial charge in [-0.3, -0.25) is 4.79 Å². The van der Waals surface area contributed by atoms with Gasteiger partial charge in [-0.05, 0) is 45.4 Å². The molecule has 0 aliphatic heterocycles. The number of hydrogen-bond acceptors (Lipinski definition) is 7. The molecule has 3 rings (SSSR count). The lowest BCUT2D eigenvalue weighted by molar-refractivity contribution is -0.00177. The molecule has 1 amide bonds. The summed E-state index contributed by atoms with van der Waals surface area (Å²) in [7, 11) is 0. The second kappa shape index (κ2) is 9.57. The van der Waals surface area contributed by atoms with E-state index in [9.17, 15) is 14.3 Å². The van der Waals surface area contributed by atoms with Crippen LogP contribution in [-0.4, -0.2) is 45.3 Å². The van der Waals surface area contributed by atoms with Gasteiger partial charge in [-0.25, -0.2) is 14.4 Å². The molecule has 0 bridgehead atoms. The molecule has 2 aromatic heterocycles. The Kier molecular flexibility index (Phi) is 7.07. The van der Waals surface area contributed by atoms with E-state index in [4.69, 9.17) is 0 Å². The Balaban J connectivity index is 1.81. The van der Waals surface area contributed by atoms with Crippen LogP contribution in [0.15, 0.2) is 36.0 Å². The number of aliphatic hydroxyl groups is 1. The molecule has 1 unspecified atom stereocenters. The molecule has 0 fully saturated rings. The summed E-state index contributed by atoms with van der Waals surface area (Å²) in [5.41, 5.74) is 2.98. The van der Waals surface area contributed by atoms with Crippen molar-refractivity contribution in [3.63, 3.8) is 0 Å². The van der Waals surface area contributed by atoms with E-state index >= 15 is 0 Å². The molecule has 0 aliphatic carbocycles. The number of halogens is 1. The van der Waals surface area contributed by atoms with Gasteiger partial charge in [0.2, 0.25) is 0 Å². The van der Waals surface area contributed by atoms with Gasteiger partial charge in [-0.15, -0.1) is 11.3 Å². The smallest absolute Gasteiger partial charge is 0.255 e. The van der Waals surface area contributed by atoms with E-state index in [0.29, 0.717) is 17.1 Å². The lowest BCUT2D eigenvalue weighted by Gasteiger charge is -2.23. The molecule has 3 aromatic rings. The third kappa shape index (κ3) is 5.89. The number of alkyl halides is 1. The molecule has 0 radical (unpaired) electrons. The number of anilines is 3. The molecule has 4 N–H and O–H groups in total. The zero-order chi connectivity index (χ0) is 22.6. The summed E-state index contributed by atoms with van der Waals surface area (Å²) in [5, 5.41) is 18.9. The first kappa shape index (κ1) is 22.9. The normalized spacial score (nSPS) is 13.6. The summed E-state index contributed by atoms with van der Waals surface area (Å²) in [6, 6.07) is 7.74. The van der Waals surface area contributed by atoms with Gasteiger partial charge in [0.05, 0.1) is 39.1 Å². The van der Waals surface area contributed by atoms with Crippen LogP contribution in [0.25, 0.3) is 10.2 Å². The molecule has 31 heavy (non-hydrogen) atoms. The number of nitrogens with zero attached hydrogens (tertiary/aromatic N) is 2. The van der Waals surface area contributed by atoms with Gasteiger partial charge in [-0.1, -0.05) is 6.92 Å². The van der Waals surface area contributed by atoms with E-state index in [0.717, 1.165) is 22.3 Å². The number of carbonyl (C=O) groups excluding carboxylic acids is 1. The van der Waals surface area contributed by atoms with Gasteiger partial charge in [-0.2, -0.15) is 0 Å². The molecule has 9 heteroatoms. The van der Waals surface area contributed by atoms with Gasteiger partial charge in [0.1, 0.15) is 12.0 Å². The van der Waals surface area contributed by atoms with Crippen LogP contribution in [-0.2, 0) is 0 Å². The summed E-state index contributed by atoms with van der Waals surface area (Å²) in [6.45, 7) is 6.49. The van der Waals surface area contributed by atoms with Crippen LogP contribution in [0.2, 0.25) is 0 Å². The largest absolute Gasteiger partial charge is 0.387 e. The second-order valence-corrected chi connectivity index (χ2v) is 8.95. The van der Waals surface area contributed by atoms with Crippen molar-refractivity contribution in [2.24, 2.45) is 0 Å². The molecule has 0 aliphatic rings. The topological polar surface area (TPSA) is 99.2 Å². The first-order valence-electron chi connectivity index (χ1n) is 10.2. The summed E-state index contributed by atoms with van der Waals surface area (Å²) >= 11 is 1.56. The number of aromatic nitrogens is 2. The Morgan fingerprint density at radius 3 is 2.77 bits per heavy atom. The zero-order valence-electron chi connectivity index (χ0n) is 18.1. The van der Waals surface area contributed by atoms with Crippen molar-refractivity contribution < 1.29 is 14.3 Å². The van der Waals surface area contributed by atoms with Crippen molar-refractivity contribution in [1.29, 1.82) is 0 Å². The van der Waals surface area contributed by atoms with Crippen LogP contribution in [0, 0.1) is 0 Å². The number of hydrogen-bond donors (Lipinski definition) is 4. The number of carbonyl (C=O) groups is 1. The minimum atomic E-state index is -1.59. The zero-order valence-corrected chi connectivity index (χ0v) is 18.9. The van der Waals surface area contributed by atoms with E-state index in [1.54, 1.807) is 22.9 Å². The number of nitrogens with one attached hydrogen (secondary N) is 3. The maximum atomic E-state index is 14.0. The molecular formula is C22H28FN5O2S. The number of benzene rings is 1. The summed E-state index contributed by atoms with van der Waals surface area (Å²) < 4.78 is 15.1. The predicted octanol–water partition coefficient (Wildman–Crippen LogP) is 4.48. The number of fused-ring (bicyclic) bond motifs is 1. The van der Waals surface area contributed by atoms with Crippen LogP contribution < -0.4 is 16.0 Å². The molecule has 2 atom stereocenters. The highest BCUT2D eigenvalue weighted by Gasteiger charge is 2.27. The highest BCUT2D eigenvalue weighted by Crippen LogP contribution is 2.26. The van der Waals surface area contributed by atoms with Crippen molar-refractivity contribution >= 4 is 44.7 Å². The molecule has 0 spiro atoms. The summed E-state index contributed by atoms with van der Waals surface area (Å²) in [5.74, 6) is 0.119. The standard InChI is InChI=1S/C22H28FN5O2S/c1-5-13(2)27-17-9-20(28-14-6-7-16-18(8-14)31-12-26-16)24-10-15(17)21(29)25-11-19(23)22(3,4)30/h6-10,12-13,19,30H,5,11H2,1-4H3,(H,25,29)(H2,24,27,28)/t13?,19-/m1/s1. The van der Waals surface area contributed by atoms with Gasteiger partial charge in [0.25, 0.3) is 5.91 Å². The van der Waals surface area contributed by atoms with Crippen LogP contribution >= 0.6 is 11.3 Å². The van der Waals surface area contributed by atoms with E-state index < -0.39 is 17.7 Å². The van der Waals surface area contributed by atoms with Crippen molar-refractivity contribution in [2.75, 3.05) is 17.2 Å². The molecule has 1 aromatic carbocycles. The Morgan fingerprint density at radius 2 is 2.06 bits per heavy atom. The molecule has 7 nitrogen and oxygen atoms in total. The fraction of sp³-hybridized carbons (Fsp3) is 0.409. The monoisotopic (exact) mass is 445 g/mol. The summed E-state index contributed by atoms with van der Waals surface area (Å²) in [4.78, 5) is 21.3. The van der Waals surface area contributed by atoms with Crippen molar-refractivity contribution in [2.45, 2.75) is 51.9 Å². The fourth-order valence-electron chi connectivity index (χ4n) is 2.80. The predicted molar refractivity (Wildman–Crippen MR) is 124 cm³/mol. The minimum Gasteiger partial charge on any atom is -0.387 e. The van der Waals surface area contributed by atoms with E-state index in [1.807, 2.05) is 32.0 Å². The number of amides is 1. The number of pyridine rings is 1. The van der Waals surface area contributed by atoms with Gasteiger partial charge >= 0.3 is 0 Å². The highest BCUT2D eigenvalue weighted by molar-refractivity contribution is 7.16. The van der Waals surface area contributed by atoms with Crippen LogP contribution in [0.1, 0.15) is 44.5 Å². The minimum absolute atomic E-state index is 0.126. The lowest BCUT2D eigenvalue weighted by atomic mass is 10.0. The number of rotatable bonds is 9. The molecule has 0 saturated heterocycles. The van der Waals surface area contributed by atoms with Crippen molar-refractivity contribution in [1.82, 2.24) is 15.3 Å². The number of thiazole rings is 1. The molecule has 2 heterocycles.